The van der Waals surface area contributed by atoms with Gasteiger partial charge in [-0.15, -0.1) is 0 Å². The Bertz CT molecular complexity index is 157. The topological polar surface area (TPSA) is 40.5 Å². The van der Waals surface area contributed by atoms with E-state index in [1.54, 1.807) is 0 Å². The number of rotatable bonds is 3. The number of nitrogens with zero attached hydrogens (tertiary/aromatic N) is 1. The van der Waals surface area contributed by atoms with Gasteiger partial charge < -0.3 is 5.11 Å². The van der Waals surface area contributed by atoms with Crippen LogP contribution < -0.4 is 0 Å². The second-order valence-electron chi connectivity index (χ2n) is 2.96. The molecule has 0 bridgehead atoms. The summed E-state index contributed by atoms with van der Waals surface area (Å²) < 4.78 is 11.0. The van der Waals surface area contributed by atoms with Gasteiger partial charge >= 0.3 is 0 Å². The normalized spacial score (nSPS) is 24.2. The first-order valence-electron chi connectivity index (χ1n) is 4.03. The number of hydrogen-bond donors (Lipinski definition) is 1. The molecule has 0 amide bonds. The third-order valence-electron chi connectivity index (χ3n) is 1.92. The van der Waals surface area contributed by atoms with Crippen LogP contribution in [0.2, 0.25) is 0 Å². The Morgan fingerprint density at radius 1 is 1.50 bits per heavy atom. The van der Waals surface area contributed by atoms with Crippen molar-refractivity contribution in [1.82, 2.24) is 4.90 Å². The molecular weight excluding hydrogens is 242 g/mol. The van der Waals surface area contributed by atoms with E-state index in [0.29, 0.717) is 11.9 Å². The molecule has 1 aliphatic rings. The molecule has 72 valence electrons. The minimum Gasteiger partial charge on any atom is -0.391 e. The second kappa shape index (κ2) is 5.32. The van der Waals surface area contributed by atoms with Crippen molar-refractivity contribution in [1.29, 1.82) is 0 Å². The zero-order valence-corrected chi connectivity index (χ0v) is 9.31. The fraction of sp³-hybridized carbons (Fsp3) is 1.00. The Morgan fingerprint density at radius 3 is 2.58 bits per heavy atom. The summed E-state index contributed by atoms with van der Waals surface area (Å²) in [6.07, 6.45) is -0.295. The molecule has 1 unspecified atom stereocenters. The van der Waals surface area contributed by atoms with Gasteiger partial charge in [0.15, 0.2) is 0 Å². The molecule has 5 heteroatoms. The van der Waals surface area contributed by atoms with Crippen molar-refractivity contribution in [2.75, 3.05) is 36.5 Å². The lowest BCUT2D eigenvalue weighted by Gasteiger charge is -2.27. The molecule has 1 fully saturated rings. The molecule has 3 nitrogen and oxygen atoms in total. The molecule has 0 aliphatic carbocycles. The summed E-state index contributed by atoms with van der Waals surface area (Å²) in [5.41, 5.74) is 0. The number of β-amino-alcohol motifs (C(OH)–C–C–N with tert-alkyl or cyclic N) is 1. The third-order valence-corrected chi connectivity index (χ3v) is 3.94. The van der Waals surface area contributed by atoms with Gasteiger partial charge in [0.25, 0.3) is 0 Å². The molecule has 1 heterocycles. The molecular formula is C7H14BrNO2S. The van der Waals surface area contributed by atoms with Crippen molar-refractivity contribution in [3.05, 3.63) is 0 Å². The van der Waals surface area contributed by atoms with Crippen LogP contribution in [0.5, 0.6) is 0 Å². The van der Waals surface area contributed by atoms with E-state index in [2.05, 4.69) is 20.8 Å². The van der Waals surface area contributed by atoms with E-state index >= 15 is 0 Å². The van der Waals surface area contributed by atoms with E-state index in [1.807, 2.05) is 0 Å². The molecule has 0 aromatic carbocycles. The molecule has 1 N–H and O–H groups in total. The Hall–Kier alpha value is 0.550. The highest BCUT2D eigenvalue weighted by Crippen LogP contribution is 2.02. The summed E-state index contributed by atoms with van der Waals surface area (Å²) in [6, 6.07) is 0. The maximum absolute atomic E-state index is 11.0. The Kier molecular flexibility index (Phi) is 4.71. The summed E-state index contributed by atoms with van der Waals surface area (Å²) in [7, 11) is -0.613. The van der Waals surface area contributed by atoms with E-state index in [9.17, 15) is 9.32 Å². The summed E-state index contributed by atoms with van der Waals surface area (Å²) in [5, 5.41) is 9.93. The lowest BCUT2D eigenvalue weighted by Crippen LogP contribution is -2.42. The van der Waals surface area contributed by atoms with Gasteiger partial charge in [-0.1, -0.05) is 15.9 Å². The van der Waals surface area contributed by atoms with Crippen molar-refractivity contribution >= 4 is 26.7 Å². The highest BCUT2D eigenvalue weighted by atomic mass is 79.9. The molecule has 0 radical (unpaired) electrons. The van der Waals surface area contributed by atoms with E-state index in [-0.39, 0.29) is 6.10 Å². The predicted octanol–water partition coefficient (Wildman–Crippen LogP) is -0.194. The third kappa shape index (κ3) is 3.51. The number of hydrogen-bond acceptors (Lipinski definition) is 3. The van der Waals surface area contributed by atoms with Gasteiger partial charge in [-0.3, -0.25) is 9.11 Å². The lowest BCUT2D eigenvalue weighted by molar-refractivity contribution is 0.137. The van der Waals surface area contributed by atoms with Crippen LogP contribution in [0.3, 0.4) is 0 Å². The molecule has 1 atom stereocenters. The molecule has 0 spiro atoms. The van der Waals surface area contributed by atoms with E-state index in [0.717, 1.165) is 24.6 Å². The van der Waals surface area contributed by atoms with Gasteiger partial charge in [0.2, 0.25) is 0 Å². The monoisotopic (exact) mass is 255 g/mol. The number of halogens is 1. The first-order chi connectivity index (χ1) is 5.72. The lowest BCUT2D eigenvalue weighted by atomic mass is 10.3. The summed E-state index contributed by atoms with van der Waals surface area (Å²) in [4.78, 5) is 2.16. The standard InChI is InChI=1S/C7H14BrNO2S/c8-5-7(10)6-9-1-3-12(11)4-2-9/h7,10H,1-6H2. The van der Waals surface area contributed by atoms with E-state index in [4.69, 9.17) is 0 Å². The van der Waals surface area contributed by atoms with E-state index in [1.165, 1.54) is 0 Å². The molecule has 0 saturated carbocycles. The largest absolute Gasteiger partial charge is 0.391 e. The van der Waals surface area contributed by atoms with Gasteiger partial charge in [-0.05, 0) is 0 Å². The number of alkyl halides is 1. The molecule has 1 saturated heterocycles. The highest BCUT2D eigenvalue weighted by molar-refractivity contribution is 9.09. The fourth-order valence-corrected chi connectivity index (χ4v) is 2.54. The van der Waals surface area contributed by atoms with Crippen LogP contribution in [0, 0.1) is 0 Å². The summed E-state index contributed by atoms with van der Waals surface area (Å²) in [6.45, 7) is 2.41. The summed E-state index contributed by atoms with van der Waals surface area (Å²) >= 11 is 3.22. The van der Waals surface area contributed by atoms with E-state index < -0.39 is 10.8 Å². The van der Waals surface area contributed by atoms with Crippen LogP contribution in [0.15, 0.2) is 0 Å². The van der Waals surface area contributed by atoms with Crippen molar-refractivity contribution in [2.45, 2.75) is 6.10 Å². The van der Waals surface area contributed by atoms with Crippen molar-refractivity contribution in [2.24, 2.45) is 0 Å². The van der Waals surface area contributed by atoms with Crippen LogP contribution in [0.1, 0.15) is 0 Å². The van der Waals surface area contributed by atoms with Gasteiger partial charge in [-0.25, -0.2) is 0 Å². The predicted molar refractivity (Wildman–Crippen MR) is 54.1 cm³/mol. The van der Waals surface area contributed by atoms with Crippen molar-refractivity contribution in [3.63, 3.8) is 0 Å². The minimum atomic E-state index is -0.613. The number of aliphatic hydroxyl groups is 1. The zero-order valence-electron chi connectivity index (χ0n) is 6.91. The maximum atomic E-state index is 11.0. The SMILES string of the molecule is O=S1CCN(CC(O)CBr)CC1. The van der Waals surface area contributed by atoms with Crippen LogP contribution >= 0.6 is 15.9 Å². The van der Waals surface area contributed by atoms with Gasteiger partial charge in [0, 0.05) is 47.3 Å². The average Bonchev–Trinajstić information content (AvgIpc) is 2.09. The quantitative estimate of drug-likeness (QED) is 0.711. The van der Waals surface area contributed by atoms with Crippen LogP contribution in [-0.4, -0.2) is 56.8 Å². The Balaban J connectivity index is 2.21. The maximum Gasteiger partial charge on any atom is 0.0763 e. The minimum absolute atomic E-state index is 0.295. The van der Waals surface area contributed by atoms with Gasteiger partial charge in [-0.2, -0.15) is 0 Å². The first kappa shape index (κ1) is 10.6. The Labute approximate surface area is 83.7 Å². The highest BCUT2D eigenvalue weighted by Gasteiger charge is 2.16. The van der Waals surface area contributed by atoms with Crippen molar-refractivity contribution in [3.8, 4) is 0 Å². The Morgan fingerprint density at radius 2 is 2.08 bits per heavy atom. The van der Waals surface area contributed by atoms with Gasteiger partial charge in [0.1, 0.15) is 0 Å². The molecule has 12 heavy (non-hydrogen) atoms. The number of aliphatic hydroxyl groups excluding tert-OH is 1. The second-order valence-corrected chi connectivity index (χ2v) is 5.30. The summed E-state index contributed by atoms with van der Waals surface area (Å²) in [5.74, 6) is 1.52. The average molecular weight is 256 g/mol. The smallest absolute Gasteiger partial charge is 0.0763 e. The molecule has 0 aromatic heterocycles. The zero-order chi connectivity index (χ0) is 8.97. The molecule has 1 aliphatic heterocycles. The van der Waals surface area contributed by atoms with Crippen molar-refractivity contribution < 1.29 is 9.32 Å². The van der Waals surface area contributed by atoms with Gasteiger partial charge in [0.05, 0.1) is 6.10 Å². The van der Waals surface area contributed by atoms with Crippen LogP contribution in [-0.2, 0) is 10.8 Å². The fourth-order valence-electron chi connectivity index (χ4n) is 1.21. The van der Waals surface area contributed by atoms with Crippen LogP contribution in [0.4, 0.5) is 0 Å². The molecule has 1 rings (SSSR count). The molecule has 0 aromatic rings. The van der Waals surface area contributed by atoms with Crippen LogP contribution in [0.25, 0.3) is 0 Å². The first-order valence-corrected chi connectivity index (χ1v) is 6.64.